The minimum Gasteiger partial charge on any atom is -0.464 e. The Kier molecular flexibility index (Phi) is 4.02. The van der Waals surface area contributed by atoms with E-state index in [0.717, 1.165) is 14.2 Å². The fourth-order valence-corrected chi connectivity index (χ4v) is 1.73. The van der Waals surface area contributed by atoms with Crippen LogP contribution in [0.25, 0.3) is 11.5 Å². The zero-order chi connectivity index (χ0) is 15.6. The highest BCUT2D eigenvalue weighted by Crippen LogP contribution is 2.26. The van der Waals surface area contributed by atoms with E-state index < -0.39 is 17.8 Å². The number of hydrogen-bond acceptors (Lipinski definition) is 6. The zero-order valence-corrected chi connectivity index (χ0v) is 11.6. The first-order valence-corrected chi connectivity index (χ1v) is 5.92. The molecule has 7 heteroatoms. The van der Waals surface area contributed by atoms with Crippen LogP contribution in [0.1, 0.15) is 26.6 Å². The average Bonchev–Trinajstić information content (AvgIpc) is 2.93. The van der Waals surface area contributed by atoms with Crippen molar-refractivity contribution in [1.82, 2.24) is 4.98 Å². The first kappa shape index (κ1) is 14.7. The smallest absolute Gasteiger partial charge is 0.376 e. The van der Waals surface area contributed by atoms with Gasteiger partial charge in [-0.05, 0) is 24.6 Å². The molecule has 0 spiro atoms. The van der Waals surface area contributed by atoms with Crippen molar-refractivity contribution in [3.63, 3.8) is 0 Å². The third kappa shape index (κ3) is 2.76. The number of ether oxygens (including phenoxy) is 2. The van der Waals surface area contributed by atoms with Gasteiger partial charge in [0.25, 0.3) is 0 Å². The van der Waals surface area contributed by atoms with Crippen molar-refractivity contribution < 1.29 is 27.9 Å². The Morgan fingerprint density at radius 1 is 1.19 bits per heavy atom. The van der Waals surface area contributed by atoms with Crippen LogP contribution in [0.2, 0.25) is 0 Å². The Hall–Kier alpha value is -2.70. The van der Waals surface area contributed by atoms with Crippen LogP contribution in [-0.2, 0) is 9.47 Å². The molecule has 0 aliphatic carbocycles. The molecule has 1 aromatic carbocycles. The van der Waals surface area contributed by atoms with Crippen molar-refractivity contribution in [3.05, 3.63) is 41.0 Å². The Balaban J connectivity index is 2.61. The van der Waals surface area contributed by atoms with Gasteiger partial charge in [0.15, 0.2) is 0 Å². The lowest BCUT2D eigenvalue weighted by molar-refractivity contribution is 0.0527. The fourth-order valence-electron chi connectivity index (χ4n) is 1.73. The van der Waals surface area contributed by atoms with Crippen LogP contribution < -0.4 is 0 Å². The number of methoxy groups -OCH3 is 2. The number of aryl methyl sites for hydroxylation is 1. The SMILES string of the molecule is COC(=O)c1nc(-c2cc(F)ccc2C)oc1C(=O)OC. The van der Waals surface area contributed by atoms with E-state index in [1.165, 1.54) is 18.2 Å². The Bertz CT molecular complexity index is 674. The van der Waals surface area contributed by atoms with Crippen molar-refractivity contribution in [2.45, 2.75) is 6.92 Å². The predicted molar refractivity (Wildman–Crippen MR) is 69.3 cm³/mol. The van der Waals surface area contributed by atoms with E-state index in [0.29, 0.717) is 11.1 Å². The van der Waals surface area contributed by atoms with Crippen molar-refractivity contribution >= 4 is 11.9 Å². The minimum absolute atomic E-state index is 0.0622. The summed E-state index contributed by atoms with van der Waals surface area (Å²) in [6.07, 6.45) is 0. The summed E-state index contributed by atoms with van der Waals surface area (Å²) in [5, 5.41) is 0. The Morgan fingerprint density at radius 2 is 1.86 bits per heavy atom. The number of hydrogen-bond donors (Lipinski definition) is 0. The number of aromatic nitrogens is 1. The zero-order valence-electron chi connectivity index (χ0n) is 11.6. The van der Waals surface area contributed by atoms with Gasteiger partial charge in [0, 0.05) is 5.56 Å². The van der Waals surface area contributed by atoms with Crippen LogP contribution >= 0.6 is 0 Å². The van der Waals surface area contributed by atoms with Crippen molar-refractivity contribution in [1.29, 1.82) is 0 Å². The first-order valence-electron chi connectivity index (χ1n) is 5.92. The molecule has 2 rings (SSSR count). The highest BCUT2D eigenvalue weighted by molar-refractivity contribution is 6.00. The van der Waals surface area contributed by atoms with Gasteiger partial charge in [-0.25, -0.2) is 19.0 Å². The summed E-state index contributed by atoms with van der Waals surface area (Å²) in [7, 11) is 2.28. The van der Waals surface area contributed by atoms with E-state index in [4.69, 9.17) is 4.42 Å². The molecule has 0 fully saturated rings. The van der Waals surface area contributed by atoms with E-state index in [-0.39, 0.29) is 17.3 Å². The highest BCUT2D eigenvalue weighted by atomic mass is 19.1. The van der Waals surface area contributed by atoms with E-state index in [2.05, 4.69) is 14.5 Å². The maximum absolute atomic E-state index is 13.3. The molecule has 0 saturated heterocycles. The number of oxazole rings is 1. The molecule has 0 bridgehead atoms. The largest absolute Gasteiger partial charge is 0.464 e. The second-order valence-electron chi connectivity index (χ2n) is 4.14. The van der Waals surface area contributed by atoms with Crippen molar-refractivity contribution in [2.75, 3.05) is 14.2 Å². The number of rotatable bonds is 3. The summed E-state index contributed by atoms with van der Waals surface area (Å²) >= 11 is 0. The van der Waals surface area contributed by atoms with Gasteiger partial charge in [0.1, 0.15) is 5.82 Å². The maximum atomic E-state index is 13.3. The number of carbonyl (C=O) groups excluding carboxylic acids is 2. The molecular weight excluding hydrogens is 281 g/mol. The number of halogens is 1. The molecule has 110 valence electrons. The molecule has 0 radical (unpaired) electrons. The molecule has 1 aromatic heterocycles. The lowest BCUT2D eigenvalue weighted by atomic mass is 10.1. The van der Waals surface area contributed by atoms with Crippen LogP contribution in [0.15, 0.2) is 22.6 Å². The topological polar surface area (TPSA) is 78.6 Å². The third-order valence-electron chi connectivity index (χ3n) is 2.81. The van der Waals surface area contributed by atoms with Gasteiger partial charge in [0.05, 0.1) is 14.2 Å². The van der Waals surface area contributed by atoms with E-state index in [1.807, 2.05) is 0 Å². The minimum atomic E-state index is -0.872. The lowest BCUT2D eigenvalue weighted by Gasteiger charge is -2.00. The first-order chi connectivity index (χ1) is 9.97. The number of nitrogens with zero attached hydrogens (tertiary/aromatic N) is 1. The summed E-state index contributed by atoms with van der Waals surface area (Å²) in [4.78, 5) is 27.2. The van der Waals surface area contributed by atoms with Gasteiger partial charge in [-0.1, -0.05) is 6.07 Å². The summed E-state index contributed by atoms with van der Waals surface area (Å²) in [6, 6.07) is 4.01. The predicted octanol–water partition coefficient (Wildman–Crippen LogP) is 2.36. The molecule has 0 unspecified atom stereocenters. The molecule has 6 nitrogen and oxygen atoms in total. The Morgan fingerprint density at radius 3 is 2.48 bits per heavy atom. The van der Waals surface area contributed by atoms with Crippen molar-refractivity contribution in [2.24, 2.45) is 0 Å². The van der Waals surface area contributed by atoms with E-state index in [9.17, 15) is 14.0 Å². The van der Waals surface area contributed by atoms with Crippen LogP contribution in [0.5, 0.6) is 0 Å². The number of esters is 2. The third-order valence-corrected chi connectivity index (χ3v) is 2.81. The standard InChI is InChI=1S/C14H12FNO5/c1-7-4-5-8(15)6-9(7)12-16-10(13(17)19-2)11(21-12)14(18)20-3/h4-6H,1-3H3. The van der Waals surface area contributed by atoms with Crippen LogP contribution in [0.4, 0.5) is 4.39 Å². The molecule has 21 heavy (non-hydrogen) atoms. The van der Waals surface area contributed by atoms with Crippen molar-refractivity contribution in [3.8, 4) is 11.5 Å². The monoisotopic (exact) mass is 293 g/mol. The van der Waals surface area contributed by atoms with Gasteiger partial charge >= 0.3 is 11.9 Å². The molecule has 0 N–H and O–H groups in total. The van der Waals surface area contributed by atoms with Crippen LogP contribution in [0, 0.1) is 12.7 Å². The number of carbonyl (C=O) groups is 2. The molecule has 0 amide bonds. The summed E-state index contributed by atoms with van der Waals surface area (Å²) < 4.78 is 27.6. The quantitative estimate of drug-likeness (QED) is 0.808. The normalized spacial score (nSPS) is 10.3. The molecule has 0 aliphatic rings. The molecule has 2 aromatic rings. The molecular formula is C14H12FNO5. The van der Waals surface area contributed by atoms with Gasteiger partial charge in [-0.3, -0.25) is 0 Å². The van der Waals surface area contributed by atoms with E-state index >= 15 is 0 Å². The van der Waals surface area contributed by atoms with Crippen LogP contribution in [0.3, 0.4) is 0 Å². The molecule has 0 saturated carbocycles. The van der Waals surface area contributed by atoms with Gasteiger partial charge in [0.2, 0.25) is 17.3 Å². The summed E-state index contributed by atoms with van der Waals surface area (Å²) in [5.74, 6) is -2.66. The number of benzene rings is 1. The second-order valence-corrected chi connectivity index (χ2v) is 4.14. The second kappa shape index (κ2) is 5.74. The average molecular weight is 293 g/mol. The molecule has 0 atom stereocenters. The fraction of sp³-hybridized carbons (Fsp3) is 0.214. The lowest BCUT2D eigenvalue weighted by Crippen LogP contribution is -2.10. The summed E-state index contributed by atoms with van der Waals surface area (Å²) in [6.45, 7) is 1.72. The molecule has 0 aliphatic heterocycles. The summed E-state index contributed by atoms with van der Waals surface area (Å²) in [5.41, 5.74) is 0.684. The Labute approximate surface area is 119 Å². The molecule has 1 heterocycles. The van der Waals surface area contributed by atoms with Gasteiger partial charge in [-0.2, -0.15) is 0 Å². The van der Waals surface area contributed by atoms with Gasteiger partial charge < -0.3 is 13.9 Å². The van der Waals surface area contributed by atoms with Crippen LogP contribution in [-0.4, -0.2) is 31.1 Å². The maximum Gasteiger partial charge on any atom is 0.376 e. The van der Waals surface area contributed by atoms with Gasteiger partial charge in [-0.15, -0.1) is 0 Å². The van der Waals surface area contributed by atoms with E-state index in [1.54, 1.807) is 6.92 Å². The highest BCUT2D eigenvalue weighted by Gasteiger charge is 2.27.